The Balaban J connectivity index is 0.000000161. The summed E-state index contributed by atoms with van der Waals surface area (Å²) in [6.45, 7) is 13.4. The van der Waals surface area contributed by atoms with Gasteiger partial charge in [0.2, 0.25) is 13.7 Å². The molecule has 64 heavy (non-hydrogen) atoms. The van der Waals surface area contributed by atoms with Crippen LogP contribution >= 0.6 is 0 Å². The molecule has 12 heteroatoms. The molecule has 0 amide bonds. The molecular formula is C52H48F8O4. The van der Waals surface area contributed by atoms with Crippen LogP contribution in [0.2, 0.25) is 0 Å². The summed E-state index contributed by atoms with van der Waals surface area (Å²) in [6, 6.07) is 37.3. The van der Waals surface area contributed by atoms with Crippen molar-refractivity contribution in [3.63, 3.8) is 0 Å². The van der Waals surface area contributed by atoms with E-state index in [1.54, 1.807) is 50.2 Å². The number of hydrogen-bond acceptors (Lipinski definition) is 4. The summed E-state index contributed by atoms with van der Waals surface area (Å²) in [7, 11) is 0. The second-order valence-electron chi connectivity index (χ2n) is 15.5. The molecule has 8 rings (SSSR count). The fraction of sp³-hybridized carbons (Fsp3) is 0.231. The van der Waals surface area contributed by atoms with E-state index in [9.17, 15) is 35.1 Å². The number of benzene rings is 8. The molecule has 0 spiro atoms. The highest BCUT2D eigenvalue weighted by Gasteiger charge is 2.33. The van der Waals surface area contributed by atoms with Crippen LogP contribution in [-0.4, -0.2) is 26.4 Å². The molecule has 4 nitrogen and oxygen atoms in total. The highest BCUT2D eigenvalue weighted by Crippen LogP contribution is 2.36. The smallest absolute Gasteiger partial charge is 0.462 e. The van der Waals surface area contributed by atoms with Crippen LogP contribution in [0.3, 0.4) is 0 Å². The molecule has 0 unspecified atom stereocenters. The van der Waals surface area contributed by atoms with E-state index in [0.29, 0.717) is 27.8 Å². The van der Waals surface area contributed by atoms with E-state index in [1.165, 1.54) is 11.6 Å². The van der Waals surface area contributed by atoms with Gasteiger partial charge in [0.15, 0.2) is 0 Å². The first-order chi connectivity index (χ1) is 30.1. The van der Waals surface area contributed by atoms with Crippen LogP contribution in [0.1, 0.15) is 44.5 Å². The van der Waals surface area contributed by atoms with Crippen LogP contribution in [0.4, 0.5) is 35.1 Å². The number of halogens is 8. The number of fused-ring (bicyclic) bond motifs is 4. The molecule has 8 aromatic rings. The predicted molar refractivity (Wildman–Crippen MR) is 240 cm³/mol. The van der Waals surface area contributed by atoms with E-state index in [0.717, 1.165) is 65.7 Å². The highest BCUT2D eigenvalue weighted by atomic mass is 19.4. The van der Waals surface area contributed by atoms with Crippen molar-refractivity contribution in [3.05, 3.63) is 166 Å². The van der Waals surface area contributed by atoms with E-state index < -0.39 is 26.4 Å². The van der Waals surface area contributed by atoms with Crippen LogP contribution < -0.4 is 18.9 Å². The van der Waals surface area contributed by atoms with Crippen LogP contribution in [-0.2, 0) is 0 Å². The zero-order chi connectivity index (χ0) is 46.9. The number of hydrogen-bond donors (Lipinski definition) is 0. The third-order valence-electron chi connectivity index (χ3n) is 9.93. The Kier molecular flexibility index (Phi) is 15.7. The van der Waals surface area contributed by atoms with Gasteiger partial charge in [0.1, 0.15) is 23.0 Å². The first-order valence-corrected chi connectivity index (χ1v) is 20.1. The normalized spacial score (nSPS) is 11.2. The van der Waals surface area contributed by atoms with Gasteiger partial charge in [0.05, 0.1) is 0 Å². The van der Waals surface area contributed by atoms with Gasteiger partial charge < -0.3 is 18.9 Å². The summed E-state index contributed by atoms with van der Waals surface area (Å²) >= 11 is 0. The molecule has 336 valence electrons. The van der Waals surface area contributed by atoms with Crippen molar-refractivity contribution in [1.82, 2.24) is 0 Å². The molecule has 0 aliphatic carbocycles. The third-order valence-corrected chi connectivity index (χ3v) is 9.93. The second-order valence-corrected chi connectivity index (χ2v) is 15.5. The van der Waals surface area contributed by atoms with Gasteiger partial charge in [-0.2, -0.15) is 0 Å². The molecule has 0 saturated heterocycles. The molecule has 0 aromatic heterocycles. The standard InChI is InChI=1S/2C13H11F3O.2C13H13FO/c1-8-3-6-11-10(7-8)5-4-9(2)12(11)17-13(14,15)16;1-8-3-4-10-5-9(2)7-12(11(10)6-8)17-13(14,15)16;1-9-3-6-12-11(7-9)5-4-10(2)13(12)15-8-14;1-9-3-4-11-5-10(2)7-13(15-8-14)12(11)6-9/h2*3-7H,1-2H3;2*3-7H,8H2,1-2H3. The molecule has 0 fully saturated rings. The third kappa shape index (κ3) is 13.2. The maximum atomic E-state index is 12.3. The Bertz CT molecular complexity index is 2850. The topological polar surface area (TPSA) is 36.9 Å². The van der Waals surface area contributed by atoms with Crippen LogP contribution in [0.5, 0.6) is 23.0 Å². The second kappa shape index (κ2) is 20.7. The SMILES string of the molecule is Cc1cc(OC(F)(F)F)c2cc(C)ccc2c1.Cc1cc(OCF)c2cc(C)ccc2c1.Cc1ccc2c(OC(F)(F)F)c(C)ccc2c1.Cc1ccc2c(OCF)c(C)ccc2c1. The Morgan fingerprint density at radius 2 is 0.703 bits per heavy atom. The summed E-state index contributed by atoms with van der Waals surface area (Å²) < 4.78 is 116. The molecule has 0 atom stereocenters. The molecule has 0 aliphatic rings. The molecule has 0 saturated carbocycles. The molecule has 0 aliphatic heterocycles. The van der Waals surface area contributed by atoms with Crippen LogP contribution in [0, 0.1) is 55.4 Å². The lowest BCUT2D eigenvalue weighted by Gasteiger charge is -2.14. The molecule has 0 heterocycles. The van der Waals surface area contributed by atoms with E-state index >= 15 is 0 Å². The van der Waals surface area contributed by atoms with Gasteiger partial charge >= 0.3 is 12.7 Å². The maximum Gasteiger partial charge on any atom is 0.573 e. The van der Waals surface area contributed by atoms with Crippen LogP contribution in [0.25, 0.3) is 43.1 Å². The van der Waals surface area contributed by atoms with Crippen LogP contribution in [0.15, 0.2) is 121 Å². The fourth-order valence-electron chi connectivity index (χ4n) is 7.11. The predicted octanol–water partition coefficient (Wildman–Crippen LogP) is 16.2. The Morgan fingerprint density at radius 3 is 1.17 bits per heavy atom. The molecule has 0 radical (unpaired) electrons. The number of rotatable bonds is 6. The van der Waals surface area contributed by atoms with Crippen molar-refractivity contribution in [2.45, 2.75) is 68.1 Å². The van der Waals surface area contributed by atoms with Gasteiger partial charge in [-0.25, -0.2) is 8.78 Å². The zero-order valence-corrected chi connectivity index (χ0v) is 36.6. The summed E-state index contributed by atoms with van der Waals surface area (Å²) in [5, 5.41) is 6.56. The van der Waals surface area contributed by atoms with Gasteiger partial charge in [0.25, 0.3) is 0 Å². The van der Waals surface area contributed by atoms with E-state index in [-0.39, 0.29) is 11.5 Å². The molecule has 0 N–H and O–H groups in total. The zero-order valence-electron chi connectivity index (χ0n) is 36.6. The van der Waals surface area contributed by atoms with Gasteiger partial charge in [-0.3, -0.25) is 0 Å². The van der Waals surface area contributed by atoms with Crippen molar-refractivity contribution in [1.29, 1.82) is 0 Å². The van der Waals surface area contributed by atoms with Gasteiger partial charge in [-0.15, -0.1) is 26.3 Å². The summed E-state index contributed by atoms with van der Waals surface area (Å²) in [4.78, 5) is 0. The van der Waals surface area contributed by atoms with Crippen molar-refractivity contribution >= 4 is 43.1 Å². The van der Waals surface area contributed by atoms with E-state index in [4.69, 9.17) is 9.47 Å². The first kappa shape index (κ1) is 48.5. The lowest BCUT2D eigenvalue weighted by molar-refractivity contribution is -0.275. The average molecular weight is 889 g/mol. The first-order valence-electron chi connectivity index (χ1n) is 20.1. The van der Waals surface area contributed by atoms with Crippen molar-refractivity contribution in [2.24, 2.45) is 0 Å². The summed E-state index contributed by atoms with van der Waals surface area (Å²) in [5.41, 5.74) is 7.48. The van der Waals surface area contributed by atoms with Crippen molar-refractivity contribution < 1.29 is 54.1 Å². The maximum absolute atomic E-state index is 12.3. The molecule has 8 aromatic carbocycles. The van der Waals surface area contributed by atoms with E-state index in [1.807, 2.05) is 108 Å². The minimum atomic E-state index is -4.66. The fourth-order valence-corrected chi connectivity index (χ4v) is 7.11. The number of ether oxygens (including phenoxy) is 4. The lowest BCUT2D eigenvalue weighted by Crippen LogP contribution is -2.18. The van der Waals surface area contributed by atoms with Gasteiger partial charge in [0, 0.05) is 21.5 Å². The molecular weight excluding hydrogens is 841 g/mol. The largest absolute Gasteiger partial charge is 0.573 e. The number of aryl methyl sites for hydroxylation is 8. The van der Waals surface area contributed by atoms with E-state index in [2.05, 4.69) is 21.6 Å². The summed E-state index contributed by atoms with van der Waals surface area (Å²) in [5.74, 6) is 1.01. The lowest BCUT2D eigenvalue weighted by atomic mass is 10.0. The Morgan fingerprint density at radius 1 is 0.344 bits per heavy atom. The quantitative estimate of drug-likeness (QED) is 0.156. The monoisotopic (exact) mass is 888 g/mol. The average Bonchev–Trinajstić information content (AvgIpc) is 3.20. The Labute approximate surface area is 367 Å². The summed E-state index contributed by atoms with van der Waals surface area (Å²) in [6.07, 6.45) is -9.33. The highest BCUT2D eigenvalue weighted by molar-refractivity contribution is 5.92. The Hall–Kier alpha value is -6.56. The van der Waals surface area contributed by atoms with Gasteiger partial charge in [-0.1, -0.05) is 119 Å². The minimum Gasteiger partial charge on any atom is -0.462 e. The van der Waals surface area contributed by atoms with Crippen molar-refractivity contribution in [2.75, 3.05) is 13.7 Å². The number of alkyl halides is 8. The minimum absolute atomic E-state index is 0.116. The van der Waals surface area contributed by atoms with Gasteiger partial charge in [-0.05, 0) is 123 Å². The molecule has 0 bridgehead atoms. The van der Waals surface area contributed by atoms with Crippen molar-refractivity contribution in [3.8, 4) is 23.0 Å².